The largest absolute Gasteiger partial charge is 0.460 e. The normalized spacial score (nSPS) is 10.4. The van der Waals surface area contributed by atoms with Crippen LogP contribution in [0.5, 0.6) is 0 Å². The molecule has 4 aromatic rings. The molecule has 2 heterocycles. The van der Waals surface area contributed by atoms with Crippen LogP contribution in [0.15, 0.2) is 67.0 Å². The third-order valence-electron chi connectivity index (χ3n) is 3.75. The van der Waals surface area contributed by atoms with Gasteiger partial charge in [0.15, 0.2) is 5.82 Å². The molecule has 1 radical (unpaired) electrons. The molecule has 4 rings (SSSR count). The zero-order valence-electron chi connectivity index (χ0n) is 13.6. The van der Waals surface area contributed by atoms with Gasteiger partial charge in [-0.2, -0.15) is 5.10 Å². The molecule has 0 saturated heterocycles. The maximum Gasteiger partial charge on any atom is 0.150 e. The van der Waals surface area contributed by atoms with Gasteiger partial charge in [0.1, 0.15) is 12.1 Å². The van der Waals surface area contributed by atoms with Crippen LogP contribution in [0.4, 0.5) is 0 Å². The number of aromatic nitrogens is 5. The average Bonchev–Trinajstić information content (AvgIpc) is 3.30. The van der Waals surface area contributed by atoms with Crippen molar-refractivity contribution in [3.8, 4) is 22.9 Å². The molecule has 0 aliphatic heterocycles. The van der Waals surface area contributed by atoms with E-state index in [-0.39, 0.29) is 19.5 Å². The van der Waals surface area contributed by atoms with Crippen molar-refractivity contribution in [1.82, 2.24) is 24.3 Å². The number of nitrogens with zero attached hydrogens (tertiary/aromatic N) is 5. The van der Waals surface area contributed by atoms with Gasteiger partial charge in [-0.25, -0.2) is 9.67 Å². The molecule has 0 fully saturated rings. The van der Waals surface area contributed by atoms with Gasteiger partial charge in [0, 0.05) is 31.7 Å². The summed E-state index contributed by atoms with van der Waals surface area (Å²) in [6.07, 6.45) is 5.79. The fourth-order valence-electron chi connectivity index (χ4n) is 2.54. The standard InChI is InChI=1S/C19H16N5.Rh/c1-2-17-20-14-24(22-17)18-13-23(16-11-7-4-8-12-16)19(21-18)15-9-5-3-6-10-15;/h3-12,14H,2H2,1H3;/q-1;. The maximum atomic E-state index is 4.74. The Kier molecular flexibility index (Phi) is 5.20. The molecule has 0 amide bonds. The van der Waals surface area contributed by atoms with Crippen LogP contribution in [0.25, 0.3) is 22.9 Å². The summed E-state index contributed by atoms with van der Waals surface area (Å²) in [6.45, 7) is 2.03. The molecule has 0 N–H and O–H groups in total. The summed E-state index contributed by atoms with van der Waals surface area (Å²) in [5, 5.41) is 4.44. The Balaban J connectivity index is 0.00000182. The van der Waals surface area contributed by atoms with E-state index < -0.39 is 0 Å². The molecule has 127 valence electrons. The molecular weight excluding hydrogens is 401 g/mol. The van der Waals surface area contributed by atoms with Crippen LogP contribution in [0.3, 0.4) is 0 Å². The second-order valence-corrected chi connectivity index (χ2v) is 5.37. The van der Waals surface area contributed by atoms with Gasteiger partial charge in [-0.05, 0) is 11.8 Å². The molecule has 0 aliphatic carbocycles. The van der Waals surface area contributed by atoms with E-state index in [1.807, 2.05) is 72.2 Å². The Morgan fingerprint density at radius 2 is 1.64 bits per heavy atom. The second-order valence-electron chi connectivity index (χ2n) is 5.37. The van der Waals surface area contributed by atoms with Crippen LogP contribution in [-0.4, -0.2) is 24.3 Å². The number of hydrogen-bond acceptors (Lipinski definition) is 3. The zero-order chi connectivity index (χ0) is 16.4. The summed E-state index contributed by atoms with van der Waals surface area (Å²) in [5.74, 6) is 2.24. The fraction of sp³-hybridized carbons (Fsp3) is 0.105. The van der Waals surface area contributed by atoms with E-state index in [1.54, 1.807) is 11.0 Å². The summed E-state index contributed by atoms with van der Waals surface area (Å²) in [4.78, 5) is 9.02. The van der Waals surface area contributed by atoms with Gasteiger partial charge in [-0.1, -0.05) is 73.3 Å². The molecule has 2 aromatic heterocycles. The number of aryl methyl sites for hydroxylation is 1. The van der Waals surface area contributed by atoms with E-state index in [4.69, 9.17) is 4.98 Å². The van der Waals surface area contributed by atoms with Crippen LogP contribution in [0.1, 0.15) is 12.7 Å². The summed E-state index contributed by atoms with van der Waals surface area (Å²) in [7, 11) is 0. The fourth-order valence-corrected chi connectivity index (χ4v) is 2.54. The first-order chi connectivity index (χ1) is 11.8. The molecule has 2 aromatic carbocycles. The van der Waals surface area contributed by atoms with Crippen molar-refractivity contribution in [2.45, 2.75) is 13.3 Å². The first-order valence-electron chi connectivity index (χ1n) is 7.89. The molecule has 0 bridgehead atoms. The topological polar surface area (TPSA) is 48.5 Å². The number of benzene rings is 2. The predicted molar refractivity (Wildman–Crippen MR) is 92.1 cm³/mol. The molecule has 25 heavy (non-hydrogen) atoms. The minimum absolute atomic E-state index is 0. The van der Waals surface area contributed by atoms with Crippen LogP contribution in [0, 0.1) is 6.20 Å². The molecule has 6 heteroatoms. The van der Waals surface area contributed by atoms with Crippen LogP contribution < -0.4 is 0 Å². The summed E-state index contributed by atoms with van der Waals surface area (Å²) in [6, 6.07) is 20.2. The van der Waals surface area contributed by atoms with Gasteiger partial charge in [-0.3, -0.25) is 4.98 Å². The van der Waals surface area contributed by atoms with E-state index in [9.17, 15) is 0 Å². The van der Waals surface area contributed by atoms with Crippen molar-refractivity contribution >= 4 is 0 Å². The first-order valence-corrected chi connectivity index (χ1v) is 7.89. The summed E-state index contributed by atoms with van der Waals surface area (Å²) in [5.41, 5.74) is 2.03. The van der Waals surface area contributed by atoms with Crippen molar-refractivity contribution in [3.63, 3.8) is 0 Å². The summed E-state index contributed by atoms with van der Waals surface area (Å²) >= 11 is 0. The predicted octanol–water partition coefficient (Wildman–Crippen LogP) is 3.48. The van der Waals surface area contributed by atoms with Gasteiger partial charge < -0.3 is 4.57 Å². The maximum absolute atomic E-state index is 4.74. The van der Waals surface area contributed by atoms with E-state index in [2.05, 4.69) is 16.3 Å². The number of rotatable bonds is 4. The van der Waals surface area contributed by atoms with Crippen LogP contribution in [-0.2, 0) is 25.9 Å². The number of imidazole rings is 1. The van der Waals surface area contributed by atoms with Gasteiger partial charge in [0.25, 0.3) is 0 Å². The Hall–Kier alpha value is -2.59. The van der Waals surface area contributed by atoms with Crippen molar-refractivity contribution < 1.29 is 19.5 Å². The number of para-hydroxylation sites is 1. The third-order valence-corrected chi connectivity index (χ3v) is 3.75. The molecule has 0 atom stereocenters. The molecule has 0 aliphatic rings. The van der Waals surface area contributed by atoms with Crippen molar-refractivity contribution in [1.29, 1.82) is 0 Å². The zero-order valence-corrected chi connectivity index (χ0v) is 15.3. The Morgan fingerprint density at radius 1 is 0.960 bits per heavy atom. The first kappa shape index (κ1) is 17.2. The van der Waals surface area contributed by atoms with Crippen molar-refractivity contribution in [3.05, 3.63) is 79.0 Å². The average molecular weight is 417 g/mol. The third kappa shape index (κ3) is 3.44. The van der Waals surface area contributed by atoms with Gasteiger partial charge >= 0.3 is 0 Å². The molecule has 0 unspecified atom stereocenters. The minimum atomic E-state index is 0. The quantitative estimate of drug-likeness (QED) is 0.378. The summed E-state index contributed by atoms with van der Waals surface area (Å²) < 4.78 is 3.63. The van der Waals surface area contributed by atoms with E-state index >= 15 is 0 Å². The minimum Gasteiger partial charge on any atom is -0.460 e. The van der Waals surface area contributed by atoms with Crippen LogP contribution >= 0.6 is 0 Å². The van der Waals surface area contributed by atoms with Crippen molar-refractivity contribution in [2.24, 2.45) is 0 Å². The molecular formula is C19H16N5Rh-. The smallest absolute Gasteiger partial charge is 0.150 e. The number of hydrogen-bond donors (Lipinski definition) is 0. The Morgan fingerprint density at radius 3 is 2.28 bits per heavy atom. The van der Waals surface area contributed by atoms with Crippen molar-refractivity contribution in [2.75, 3.05) is 0 Å². The van der Waals surface area contributed by atoms with Gasteiger partial charge in [0.2, 0.25) is 0 Å². The van der Waals surface area contributed by atoms with Crippen LogP contribution in [0.2, 0.25) is 0 Å². The van der Waals surface area contributed by atoms with E-state index in [0.717, 1.165) is 29.3 Å². The van der Waals surface area contributed by atoms with Gasteiger partial charge in [-0.15, -0.1) is 0 Å². The Labute approximate surface area is 159 Å². The molecule has 0 spiro atoms. The molecule has 5 nitrogen and oxygen atoms in total. The SMILES string of the molecule is CCc1ncn(-c2[c-]n(-c3ccccc3)c(-c3ccccc3)n2)n1.[Rh]. The molecule has 0 saturated carbocycles. The van der Waals surface area contributed by atoms with E-state index in [0.29, 0.717) is 5.82 Å². The Bertz CT molecular complexity index is 887. The van der Waals surface area contributed by atoms with E-state index in [1.165, 1.54) is 0 Å². The van der Waals surface area contributed by atoms with Gasteiger partial charge in [0.05, 0.1) is 0 Å². The second kappa shape index (κ2) is 7.53. The monoisotopic (exact) mass is 417 g/mol.